The Balaban J connectivity index is 0.00000180. The molecular weight excluding hydrogens is 262 g/mol. The summed E-state index contributed by atoms with van der Waals surface area (Å²) in [6, 6.07) is 6.07. The number of ether oxygens (including phenoxy) is 1. The highest BCUT2D eigenvalue weighted by Gasteiger charge is 2.10. The van der Waals surface area contributed by atoms with Gasteiger partial charge < -0.3 is 10.5 Å². The van der Waals surface area contributed by atoms with Crippen LogP contribution in [0.4, 0.5) is 0 Å². The third-order valence-electron chi connectivity index (χ3n) is 2.85. The molecule has 2 aromatic rings. The summed E-state index contributed by atoms with van der Waals surface area (Å²) in [5, 5.41) is 4.20. The molecule has 0 unspecified atom stereocenters. The second-order valence-corrected chi connectivity index (χ2v) is 4.38. The third kappa shape index (κ3) is 3.49. The summed E-state index contributed by atoms with van der Waals surface area (Å²) < 4.78 is 7.44. The number of aryl methyl sites for hydroxylation is 1. The number of nitrogens with zero attached hydrogens (tertiary/aromatic N) is 2. The topological polar surface area (TPSA) is 53.1 Å². The third-order valence-corrected chi connectivity index (χ3v) is 2.85. The van der Waals surface area contributed by atoms with Crippen molar-refractivity contribution >= 4 is 12.4 Å². The largest absolute Gasteiger partial charge is 0.493 e. The van der Waals surface area contributed by atoms with Gasteiger partial charge in [0, 0.05) is 30.4 Å². The van der Waals surface area contributed by atoms with Gasteiger partial charge in [0.15, 0.2) is 0 Å². The maximum Gasteiger partial charge on any atom is 0.127 e. The van der Waals surface area contributed by atoms with Crippen LogP contribution in [0.25, 0.3) is 11.1 Å². The summed E-state index contributed by atoms with van der Waals surface area (Å²) in [6.45, 7) is 4.60. The van der Waals surface area contributed by atoms with Crippen molar-refractivity contribution in [2.75, 3.05) is 6.61 Å². The van der Waals surface area contributed by atoms with E-state index in [-0.39, 0.29) is 18.4 Å². The van der Waals surface area contributed by atoms with Crippen molar-refractivity contribution in [1.29, 1.82) is 0 Å². The van der Waals surface area contributed by atoms with Crippen LogP contribution in [-0.2, 0) is 7.05 Å². The predicted octanol–water partition coefficient (Wildman–Crippen LogP) is 2.93. The number of benzene rings is 1. The number of halogens is 1. The average Bonchev–Trinajstić information content (AvgIpc) is 2.76. The maximum atomic E-state index is 5.93. The second kappa shape index (κ2) is 6.59. The molecule has 0 amide bonds. The molecule has 1 heterocycles. The Morgan fingerprint density at radius 2 is 2.16 bits per heavy atom. The molecule has 19 heavy (non-hydrogen) atoms. The lowest BCUT2D eigenvalue weighted by Crippen LogP contribution is -2.05. The Hall–Kier alpha value is -1.52. The van der Waals surface area contributed by atoms with Crippen LogP contribution in [0.2, 0.25) is 0 Å². The zero-order chi connectivity index (χ0) is 13.1. The van der Waals surface area contributed by atoms with Crippen molar-refractivity contribution in [3.8, 4) is 16.9 Å². The first-order chi connectivity index (χ1) is 8.61. The molecule has 0 aliphatic heterocycles. The molecule has 2 N–H and O–H groups in total. The number of hydrogen-bond acceptors (Lipinski definition) is 3. The second-order valence-electron chi connectivity index (χ2n) is 4.38. The van der Waals surface area contributed by atoms with E-state index in [9.17, 15) is 0 Å². The standard InChI is InChI=1S/C14H19N3O.ClH/c1-4-18-14-6-5-11(10(2)15)7-13(14)12-8-16-17(3)9-12;/h5-10H,4,15H2,1-3H3;1H/t10-;/m1./s1. The summed E-state index contributed by atoms with van der Waals surface area (Å²) in [4.78, 5) is 0. The highest BCUT2D eigenvalue weighted by atomic mass is 35.5. The molecule has 0 saturated carbocycles. The number of aromatic nitrogens is 2. The van der Waals surface area contributed by atoms with Gasteiger partial charge in [-0.15, -0.1) is 12.4 Å². The van der Waals surface area contributed by atoms with Gasteiger partial charge in [0.1, 0.15) is 5.75 Å². The summed E-state index contributed by atoms with van der Waals surface area (Å²) in [5.74, 6) is 0.870. The molecule has 0 aliphatic rings. The van der Waals surface area contributed by atoms with Crippen LogP contribution in [0.15, 0.2) is 30.6 Å². The summed E-state index contributed by atoms with van der Waals surface area (Å²) in [7, 11) is 1.90. The summed E-state index contributed by atoms with van der Waals surface area (Å²) in [5.41, 5.74) is 9.11. The molecule has 0 spiro atoms. The molecule has 5 heteroatoms. The van der Waals surface area contributed by atoms with Crippen molar-refractivity contribution in [1.82, 2.24) is 9.78 Å². The smallest absolute Gasteiger partial charge is 0.127 e. The lowest BCUT2D eigenvalue weighted by molar-refractivity contribution is 0.341. The molecule has 0 radical (unpaired) electrons. The predicted molar refractivity (Wildman–Crippen MR) is 79.7 cm³/mol. The Morgan fingerprint density at radius 3 is 2.68 bits per heavy atom. The molecule has 0 saturated heterocycles. The van der Waals surface area contributed by atoms with Gasteiger partial charge in [-0.1, -0.05) is 6.07 Å². The number of hydrogen-bond donors (Lipinski definition) is 1. The van der Waals surface area contributed by atoms with E-state index in [0.717, 1.165) is 22.4 Å². The number of nitrogens with two attached hydrogens (primary N) is 1. The van der Waals surface area contributed by atoms with Crippen LogP contribution in [0.5, 0.6) is 5.75 Å². The van der Waals surface area contributed by atoms with E-state index in [1.54, 1.807) is 4.68 Å². The van der Waals surface area contributed by atoms with Crippen molar-refractivity contribution in [3.05, 3.63) is 36.2 Å². The lowest BCUT2D eigenvalue weighted by atomic mass is 10.0. The fraction of sp³-hybridized carbons (Fsp3) is 0.357. The van der Waals surface area contributed by atoms with Crippen LogP contribution >= 0.6 is 12.4 Å². The van der Waals surface area contributed by atoms with Crippen molar-refractivity contribution in [2.45, 2.75) is 19.9 Å². The van der Waals surface area contributed by atoms with Gasteiger partial charge >= 0.3 is 0 Å². The molecule has 0 fully saturated rings. The lowest BCUT2D eigenvalue weighted by Gasteiger charge is -2.12. The van der Waals surface area contributed by atoms with Gasteiger partial charge in [0.05, 0.1) is 12.8 Å². The number of rotatable bonds is 4. The van der Waals surface area contributed by atoms with Gasteiger partial charge in [-0.05, 0) is 31.5 Å². The molecule has 1 aromatic carbocycles. The first-order valence-corrected chi connectivity index (χ1v) is 6.13. The maximum absolute atomic E-state index is 5.93. The van der Waals surface area contributed by atoms with E-state index in [0.29, 0.717) is 6.61 Å². The normalized spacial score (nSPS) is 11.8. The van der Waals surface area contributed by atoms with Gasteiger partial charge in [-0.3, -0.25) is 4.68 Å². The Labute approximate surface area is 120 Å². The van der Waals surface area contributed by atoms with E-state index < -0.39 is 0 Å². The van der Waals surface area contributed by atoms with E-state index in [1.807, 2.05) is 45.4 Å². The van der Waals surface area contributed by atoms with Crippen molar-refractivity contribution in [2.24, 2.45) is 12.8 Å². The minimum atomic E-state index is 0. The van der Waals surface area contributed by atoms with Gasteiger partial charge in [0.25, 0.3) is 0 Å². The molecule has 1 atom stereocenters. The fourth-order valence-electron chi connectivity index (χ4n) is 1.90. The molecule has 2 rings (SSSR count). The van der Waals surface area contributed by atoms with Crippen LogP contribution < -0.4 is 10.5 Å². The van der Waals surface area contributed by atoms with E-state index in [4.69, 9.17) is 10.5 Å². The van der Waals surface area contributed by atoms with Crippen molar-refractivity contribution < 1.29 is 4.74 Å². The molecule has 4 nitrogen and oxygen atoms in total. The minimum Gasteiger partial charge on any atom is -0.493 e. The monoisotopic (exact) mass is 281 g/mol. The Morgan fingerprint density at radius 1 is 1.42 bits per heavy atom. The van der Waals surface area contributed by atoms with Crippen molar-refractivity contribution in [3.63, 3.8) is 0 Å². The quantitative estimate of drug-likeness (QED) is 0.937. The Bertz CT molecular complexity index is 537. The molecule has 0 aliphatic carbocycles. The molecule has 0 bridgehead atoms. The van der Waals surface area contributed by atoms with Gasteiger partial charge in [0.2, 0.25) is 0 Å². The van der Waals surface area contributed by atoms with Crippen LogP contribution in [0, 0.1) is 0 Å². The van der Waals surface area contributed by atoms with E-state index >= 15 is 0 Å². The highest BCUT2D eigenvalue weighted by Crippen LogP contribution is 2.32. The van der Waals surface area contributed by atoms with Gasteiger partial charge in [-0.2, -0.15) is 5.10 Å². The summed E-state index contributed by atoms with van der Waals surface area (Å²) in [6.07, 6.45) is 3.81. The van der Waals surface area contributed by atoms with E-state index in [2.05, 4.69) is 11.2 Å². The zero-order valence-corrected chi connectivity index (χ0v) is 12.3. The molecule has 1 aromatic heterocycles. The average molecular weight is 282 g/mol. The molecular formula is C14H20ClN3O. The van der Waals surface area contributed by atoms with Crippen LogP contribution in [0.3, 0.4) is 0 Å². The van der Waals surface area contributed by atoms with Gasteiger partial charge in [-0.25, -0.2) is 0 Å². The zero-order valence-electron chi connectivity index (χ0n) is 11.5. The molecule has 104 valence electrons. The minimum absolute atomic E-state index is 0. The SMILES string of the molecule is CCOc1ccc([C@@H](C)N)cc1-c1cnn(C)c1.Cl. The van der Waals surface area contributed by atoms with E-state index in [1.165, 1.54) is 0 Å². The van der Waals surface area contributed by atoms with Crippen LogP contribution in [0.1, 0.15) is 25.5 Å². The van der Waals surface area contributed by atoms with Crippen LogP contribution in [-0.4, -0.2) is 16.4 Å². The Kier molecular flexibility index (Phi) is 5.39. The highest BCUT2D eigenvalue weighted by molar-refractivity contribution is 5.85. The first kappa shape index (κ1) is 15.5. The summed E-state index contributed by atoms with van der Waals surface area (Å²) >= 11 is 0. The first-order valence-electron chi connectivity index (χ1n) is 6.13. The fourth-order valence-corrected chi connectivity index (χ4v) is 1.90.